The fourth-order valence-electron chi connectivity index (χ4n) is 5.13. The summed E-state index contributed by atoms with van der Waals surface area (Å²) >= 11 is 0. The summed E-state index contributed by atoms with van der Waals surface area (Å²) in [5.41, 5.74) is 0.887. The summed E-state index contributed by atoms with van der Waals surface area (Å²) in [6.45, 7) is 3.61. The van der Waals surface area contributed by atoms with Crippen LogP contribution in [0.4, 0.5) is 0 Å². The van der Waals surface area contributed by atoms with Crippen LogP contribution >= 0.6 is 0 Å². The minimum atomic E-state index is -1.38. The van der Waals surface area contributed by atoms with E-state index in [0.29, 0.717) is 5.56 Å². The zero-order chi connectivity index (χ0) is 30.1. The number of ether oxygens (including phenoxy) is 1. The second kappa shape index (κ2) is 11.3. The Bertz CT molecular complexity index is 1660. The highest BCUT2D eigenvalue weighted by molar-refractivity contribution is 6.27. The Hall–Kier alpha value is -5.31. The third-order valence-electron chi connectivity index (χ3n) is 7.21. The number of carbonyl (C=O) groups is 5. The van der Waals surface area contributed by atoms with Crippen LogP contribution in [-0.2, 0) is 16.0 Å². The van der Waals surface area contributed by atoms with Crippen LogP contribution in [0.15, 0.2) is 90.0 Å². The molecule has 1 heterocycles. The van der Waals surface area contributed by atoms with Crippen LogP contribution < -0.4 is 0 Å². The molecule has 3 aromatic carbocycles. The minimum absolute atomic E-state index is 0.00594. The number of hydrogen-bond donors (Lipinski definition) is 2. The molecule has 1 aliphatic carbocycles. The lowest BCUT2D eigenvalue weighted by Crippen LogP contribution is -2.48. The number of fused-ring (bicyclic) bond motifs is 2. The summed E-state index contributed by atoms with van der Waals surface area (Å²) in [4.78, 5) is 68.1. The molecule has 2 N–H and O–H groups in total. The minimum Gasteiger partial charge on any atom is -0.507 e. The van der Waals surface area contributed by atoms with Crippen molar-refractivity contribution in [3.8, 4) is 11.5 Å². The summed E-state index contributed by atoms with van der Waals surface area (Å²) in [7, 11) is 0. The van der Waals surface area contributed by atoms with Gasteiger partial charge in [-0.3, -0.25) is 24.1 Å². The molecule has 9 nitrogen and oxygen atoms in total. The third-order valence-corrected chi connectivity index (χ3v) is 7.21. The molecule has 5 rings (SSSR count). The number of carbonyl (C=O) groups excluding carboxylic acids is 5. The van der Waals surface area contributed by atoms with Crippen molar-refractivity contribution in [1.29, 1.82) is 0 Å². The molecule has 3 aromatic rings. The molecule has 2 aliphatic rings. The van der Waals surface area contributed by atoms with Crippen LogP contribution in [0, 0.1) is 0 Å². The van der Waals surface area contributed by atoms with Gasteiger partial charge in [0.25, 0.3) is 11.8 Å². The fourth-order valence-corrected chi connectivity index (χ4v) is 5.13. The number of aromatic hydroxyl groups is 2. The number of phenols is 2. The molecule has 2 amide bonds. The molecule has 0 spiro atoms. The number of Topliss-reactive ketones (excluding diaryl/α,β-unsaturated/α-hetero) is 1. The van der Waals surface area contributed by atoms with Gasteiger partial charge in [-0.15, -0.1) is 0 Å². The van der Waals surface area contributed by atoms with Gasteiger partial charge in [0.1, 0.15) is 23.6 Å². The van der Waals surface area contributed by atoms with Gasteiger partial charge in [0.2, 0.25) is 0 Å². The Labute approximate surface area is 241 Å². The van der Waals surface area contributed by atoms with Crippen molar-refractivity contribution in [3.05, 3.63) is 118 Å². The standard InChI is InChI=1S/C33H27NO8/c1-18(2)12-15-27(22-17-26(37)28-24(35)13-14-25(36)29(28)30(22)38)42-33(41)23(16-19-8-4-3-5-9-19)34-31(39)20-10-6-7-11-21(20)32(34)40/h3-14,17,23,27,35-36H,15-16H2,1-2H3/t23?,27-/m1/s1. The molecular formula is C33H27NO8. The zero-order valence-electron chi connectivity index (χ0n) is 22.9. The highest BCUT2D eigenvalue weighted by atomic mass is 16.5. The molecule has 0 bridgehead atoms. The van der Waals surface area contributed by atoms with E-state index in [0.717, 1.165) is 28.7 Å². The van der Waals surface area contributed by atoms with Gasteiger partial charge >= 0.3 is 5.97 Å². The molecule has 1 aliphatic heterocycles. The van der Waals surface area contributed by atoms with Crippen molar-refractivity contribution in [3.63, 3.8) is 0 Å². The number of allylic oxidation sites excluding steroid dienone is 2. The quantitative estimate of drug-likeness (QED) is 0.175. The lowest BCUT2D eigenvalue weighted by molar-refractivity contribution is -0.151. The van der Waals surface area contributed by atoms with E-state index in [1.165, 1.54) is 12.1 Å². The number of ketones is 2. The SMILES string of the molecule is CC(C)=CC[C@@H](OC(=O)C(Cc1ccccc1)N1C(=O)c2ccccc2C1=O)C1=CC(=O)c2c(O)ccc(O)c2C1=O. The van der Waals surface area contributed by atoms with Gasteiger partial charge in [-0.2, -0.15) is 0 Å². The van der Waals surface area contributed by atoms with Crippen LogP contribution in [0.3, 0.4) is 0 Å². The molecule has 0 radical (unpaired) electrons. The van der Waals surface area contributed by atoms with Gasteiger partial charge in [0.15, 0.2) is 11.6 Å². The fraction of sp³-hybridized carbons (Fsp3) is 0.182. The van der Waals surface area contributed by atoms with Gasteiger partial charge in [0.05, 0.1) is 22.3 Å². The smallest absolute Gasteiger partial charge is 0.330 e. The highest BCUT2D eigenvalue weighted by Gasteiger charge is 2.45. The Morgan fingerprint density at radius 1 is 0.833 bits per heavy atom. The average Bonchev–Trinajstić information content (AvgIpc) is 3.22. The second-order valence-electron chi connectivity index (χ2n) is 10.3. The molecule has 0 fully saturated rings. The molecule has 212 valence electrons. The maximum Gasteiger partial charge on any atom is 0.330 e. The van der Waals surface area contributed by atoms with Gasteiger partial charge in [-0.1, -0.05) is 54.1 Å². The van der Waals surface area contributed by atoms with E-state index < -0.39 is 58.6 Å². The normalized spacial score (nSPS) is 15.5. The van der Waals surface area contributed by atoms with Crippen LogP contribution in [0.25, 0.3) is 0 Å². The van der Waals surface area contributed by atoms with Crippen molar-refractivity contribution in [1.82, 2.24) is 4.90 Å². The Morgan fingerprint density at radius 3 is 2.00 bits per heavy atom. The summed E-state index contributed by atoms with van der Waals surface area (Å²) in [5, 5.41) is 20.6. The lowest BCUT2D eigenvalue weighted by atomic mass is 9.85. The number of rotatable bonds is 8. The molecule has 0 aromatic heterocycles. The third kappa shape index (κ3) is 5.12. The summed E-state index contributed by atoms with van der Waals surface area (Å²) in [6.07, 6.45) is 1.34. The number of amides is 2. The largest absolute Gasteiger partial charge is 0.507 e. The highest BCUT2D eigenvalue weighted by Crippen LogP contribution is 2.37. The van der Waals surface area contributed by atoms with E-state index in [1.54, 1.807) is 62.4 Å². The van der Waals surface area contributed by atoms with Crippen LogP contribution in [0.2, 0.25) is 0 Å². The predicted octanol–water partition coefficient (Wildman–Crippen LogP) is 4.58. The van der Waals surface area contributed by atoms with Crippen LogP contribution in [0.1, 0.15) is 67.3 Å². The maximum atomic E-state index is 13.9. The Kier molecular flexibility index (Phi) is 7.58. The van der Waals surface area contributed by atoms with E-state index in [9.17, 15) is 34.2 Å². The Morgan fingerprint density at radius 2 is 1.40 bits per heavy atom. The molecule has 42 heavy (non-hydrogen) atoms. The van der Waals surface area contributed by atoms with Gasteiger partial charge in [-0.25, -0.2) is 4.79 Å². The second-order valence-corrected chi connectivity index (χ2v) is 10.3. The number of esters is 1. The molecule has 9 heteroatoms. The van der Waals surface area contributed by atoms with E-state index in [2.05, 4.69) is 0 Å². The number of benzene rings is 3. The van der Waals surface area contributed by atoms with Crippen molar-refractivity contribution >= 4 is 29.4 Å². The van der Waals surface area contributed by atoms with Crippen molar-refractivity contribution in [2.45, 2.75) is 38.8 Å². The predicted molar refractivity (Wildman–Crippen MR) is 151 cm³/mol. The number of phenolic OH excluding ortho intramolecular Hbond substituents is 2. The first kappa shape index (κ1) is 28.2. The first-order valence-electron chi connectivity index (χ1n) is 13.3. The summed E-state index contributed by atoms with van der Waals surface area (Å²) in [5.74, 6) is -4.76. The van der Waals surface area contributed by atoms with E-state index in [4.69, 9.17) is 4.74 Å². The molecule has 2 atom stereocenters. The number of imide groups is 1. The van der Waals surface area contributed by atoms with Crippen LogP contribution in [-0.4, -0.2) is 56.6 Å². The number of nitrogens with zero attached hydrogens (tertiary/aromatic N) is 1. The molecule has 0 saturated carbocycles. The van der Waals surface area contributed by atoms with Crippen molar-refractivity contribution in [2.24, 2.45) is 0 Å². The number of hydrogen-bond acceptors (Lipinski definition) is 8. The average molecular weight is 566 g/mol. The van der Waals surface area contributed by atoms with Crippen molar-refractivity contribution in [2.75, 3.05) is 0 Å². The van der Waals surface area contributed by atoms with Crippen LogP contribution in [0.5, 0.6) is 11.5 Å². The first-order chi connectivity index (χ1) is 20.1. The Balaban J connectivity index is 1.53. The first-order valence-corrected chi connectivity index (χ1v) is 13.3. The molecular weight excluding hydrogens is 538 g/mol. The monoisotopic (exact) mass is 565 g/mol. The van der Waals surface area contributed by atoms with Gasteiger partial charge in [0, 0.05) is 18.4 Å². The lowest BCUT2D eigenvalue weighted by Gasteiger charge is -2.28. The summed E-state index contributed by atoms with van der Waals surface area (Å²) in [6, 6.07) is 15.9. The topological polar surface area (TPSA) is 138 Å². The molecule has 0 saturated heterocycles. The van der Waals surface area contributed by atoms with E-state index in [1.807, 2.05) is 0 Å². The van der Waals surface area contributed by atoms with E-state index in [-0.39, 0.29) is 35.1 Å². The van der Waals surface area contributed by atoms with Gasteiger partial charge in [-0.05, 0) is 49.8 Å². The van der Waals surface area contributed by atoms with Gasteiger partial charge < -0.3 is 14.9 Å². The summed E-state index contributed by atoms with van der Waals surface area (Å²) < 4.78 is 5.87. The van der Waals surface area contributed by atoms with E-state index >= 15 is 0 Å². The van der Waals surface area contributed by atoms with Crippen molar-refractivity contribution < 1.29 is 38.9 Å². The maximum absolute atomic E-state index is 13.9. The molecule has 1 unspecified atom stereocenters. The zero-order valence-corrected chi connectivity index (χ0v) is 22.9.